The van der Waals surface area contributed by atoms with Crippen molar-refractivity contribution >= 4 is 40.9 Å². The molecule has 1 unspecified atom stereocenters. The number of benzene rings is 2. The number of hydrogen-bond donors (Lipinski definition) is 0. The van der Waals surface area contributed by atoms with Gasteiger partial charge in [-0.15, -0.1) is 0 Å². The number of fused-ring (bicyclic) bond motifs is 2. The van der Waals surface area contributed by atoms with Crippen LogP contribution in [0.5, 0.6) is 5.75 Å². The molecule has 124 valence electrons. The monoisotopic (exact) mass is 468 g/mol. The predicted molar refractivity (Wildman–Crippen MR) is 106 cm³/mol. The fourth-order valence-corrected chi connectivity index (χ4v) is 21.9. The van der Waals surface area contributed by atoms with Crippen molar-refractivity contribution < 1.29 is 4.74 Å². The third-order valence-corrected chi connectivity index (χ3v) is 21.4. The number of hydrogen-bond acceptors (Lipinski definition) is 1. The molecule has 1 saturated heterocycles. The van der Waals surface area contributed by atoms with E-state index in [1.807, 2.05) is 0 Å². The zero-order chi connectivity index (χ0) is 16.9. The van der Waals surface area contributed by atoms with Gasteiger partial charge in [0.25, 0.3) is 0 Å². The van der Waals surface area contributed by atoms with Crippen molar-refractivity contribution in [2.24, 2.45) is 0 Å². The first kappa shape index (κ1) is 16.9. The van der Waals surface area contributed by atoms with E-state index in [9.17, 15) is 0 Å². The molecule has 0 N–H and O–H groups in total. The predicted octanol–water partition coefficient (Wildman–Crippen LogP) is 3.93. The van der Waals surface area contributed by atoms with E-state index < -0.39 is 5.51 Å². The van der Waals surface area contributed by atoms with Crippen LogP contribution in [0.15, 0.2) is 65.7 Å². The Bertz CT molecular complexity index is 842. The molecule has 24 heavy (non-hydrogen) atoms. The van der Waals surface area contributed by atoms with Crippen LogP contribution >= 0.6 is 5.51 Å². The molecule has 0 spiro atoms. The van der Waals surface area contributed by atoms with E-state index in [1.165, 1.54) is 5.56 Å². The summed E-state index contributed by atoms with van der Waals surface area (Å²) in [4.78, 5) is 0.687. The second-order valence-electron chi connectivity index (χ2n) is 6.54. The van der Waals surface area contributed by atoms with Gasteiger partial charge in [-0.05, 0) is 0 Å². The van der Waals surface area contributed by atoms with Gasteiger partial charge >= 0.3 is 159 Å². The summed E-state index contributed by atoms with van der Waals surface area (Å²) in [5, 5.41) is 1.56. The molecule has 4 heteroatoms. The summed E-state index contributed by atoms with van der Waals surface area (Å²) < 4.78 is 6.11. The van der Waals surface area contributed by atoms with Crippen LogP contribution in [0.2, 0.25) is 0 Å². The van der Waals surface area contributed by atoms with Crippen LogP contribution in [0, 0.1) is 0 Å². The molecule has 4 atom stereocenters. The van der Waals surface area contributed by atoms with Crippen molar-refractivity contribution in [2.45, 2.75) is 28.9 Å². The first-order chi connectivity index (χ1) is 11.6. The summed E-state index contributed by atoms with van der Waals surface area (Å²) in [5.41, 5.74) is 4.18. The fourth-order valence-electron chi connectivity index (χ4n) is 3.99. The molecular formula is C20H21OPSe2. The van der Waals surface area contributed by atoms with Crippen molar-refractivity contribution in [3.63, 3.8) is 0 Å². The number of methoxy groups -OCH3 is 1. The van der Waals surface area contributed by atoms with Crippen molar-refractivity contribution in [1.82, 2.24) is 0 Å². The molecule has 2 aromatic rings. The Morgan fingerprint density at radius 2 is 1.62 bits per heavy atom. The van der Waals surface area contributed by atoms with Crippen LogP contribution in [-0.2, 0) is 0 Å². The van der Waals surface area contributed by atoms with E-state index in [-0.39, 0.29) is 0 Å². The van der Waals surface area contributed by atoms with Crippen molar-refractivity contribution in [3.05, 3.63) is 71.3 Å². The van der Waals surface area contributed by atoms with Crippen molar-refractivity contribution in [2.75, 3.05) is 7.11 Å². The molecule has 2 aliphatic rings. The molecular weight excluding hydrogens is 445 g/mol. The van der Waals surface area contributed by atoms with E-state index in [0.29, 0.717) is 25.4 Å². The summed E-state index contributed by atoms with van der Waals surface area (Å²) in [7, 11) is 1.74. The quantitative estimate of drug-likeness (QED) is 0.379. The Morgan fingerprint density at radius 3 is 2.25 bits per heavy atom. The first-order valence-corrected chi connectivity index (χ1v) is 14.3. The summed E-state index contributed by atoms with van der Waals surface area (Å²) in [6.45, 7) is 4.75. The van der Waals surface area contributed by atoms with Gasteiger partial charge in [-0.3, -0.25) is 0 Å². The van der Waals surface area contributed by atoms with Crippen LogP contribution in [0.1, 0.15) is 24.2 Å². The Morgan fingerprint density at radius 1 is 0.958 bits per heavy atom. The van der Waals surface area contributed by atoms with Gasteiger partial charge in [0.05, 0.1) is 0 Å². The maximum absolute atomic E-state index is 5.34. The van der Waals surface area contributed by atoms with Gasteiger partial charge in [-0.2, -0.15) is 0 Å². The second kappa shape index (κ2) is 6.31. The molecule has 0 aromatic heterocycles. The minimum absolute atomic E-state index is 0.609. The third kappa shape index (κ3) is 2.38. The van der Waals surface area contributed by atoms with Crippen molar-refractivity contribution in [3.8, 4) is 5.75 Å². The molecule has 2 aliphatic heterocycles. The van der Waals surface area contributed by atoms with E-state index >= 15 is 0 Å². The molecule has 1 fully saturated rings. The standard InChI is InChI=1S/C20H21OPSe2/c1-13-14(2)20-22(23,17-7-5-4-6-8-17)18(13)19(24-20)15-9-11-16(21-3)12-10-15/h4-12,18-20H,1-3H3/t18-,19+,20-,22?/m1/s1. The van der Waals surface area contributed by atoms with Gasteiger partial charge in [0.1, 0.15) is 0 Å². The minimum atomic E-state index is -1.30. The molecule has 2 bridgehead atoms. The molecule has 1 nitrogen and oxygen atoms in total. The van der Waals surface area contributed by atoms with Crippen molar-refractivity contribution in [1.29, 1.82) is 0 Å². The third-order valence-electron chi connectivity index (χ3n) is 5.36. The zero-order valence-corrected chi connectivity index (χ0v) is 18.4. The van der Waals surface area contributed by atoms with Crippen LogP contribution in [0.3, 0.4) is 0 Å². The van der Waals surface area contributed by atoms with E-state index in [2.05, 4.69) is 83.5 Å². The number of allylic oxidation sites excluding steroid dienone is 2. The fraction of sp³-hybridized carbons (Fsp3) is 0.300. The molecule has 0 amide bonds. The second-order valence-corrected chi connectivity index (χ2v) is 16.8. The average Bonchev–Trinajstić information content (AvgIpc) is 3.04. The van der Waals surface area contributed by atoms with E-state index in [4.69, 9.17) is 4.74 Å². The summed E-state index contributed by atoms with van der Waals surface area (Å²) in [6, 6.07) is 20.0. The van der Waals surface area contributed by atoms with Gasteiger partial charge < -0.3 is 0 Å². The van der Waals surface area contributed by atoms with Crippen LogP contribution in [0.4, 0.5) is 0 Å². The van der Waals surface area contributed by atoms with Crippen LogP contribution in [0.25, 0.3) is 0 Å². The van der Waals surface area contributed by atoms with Gasteiger partial charge in [-0.25, -0.2) is 0 Å². The van der Waals surface area contributed by atoms with Crippen LogP contribution in [-0.4, -0.2) is 47.4 Å². The van der Waals surface area contributed by atoms with Gasteiger partial charge in [0, 0.05) is 0 Å². The Kier molecular flexibility index (Phi) is 4.44. The van der Waals surface area contributed by atoms with Gasteiger partial charge in [-0.1, -0.05) is 0 Å². The van der Waals surface area contributed by atoms with Crippen LogP contribution < -0.4 is 10.0 Å². The number of ether oxygens (including phenoxy) is 1. The normalized spacial score (nSPS) is 31.5. The molecule has 2 aromatic carbocycles. The van der Waals surface area contributed by atoms with Gasteiger partial charge in [0.2, 0.25) is 0 Å². The zero-order valence-electron chi connectivity index (χ0n) is 14.1. The molecule has 0 saturated carbocycles. The maximum atomic E-state index is 5.34. The summed E-state index contributed by atoms with van der Waals surface area (Å²) in [5.74, 6) is 0.949. The molecule has 4 rings (SSSR count). The Labute approximate surface area is 158 Å². The molecule has 0 aliphatic carbocycles. The first-order valence-electron chi connectivity index (χ1n) is 8.19. The number of rotatable bonds is 3. The van der Waals surface area contributed by atoms with Gasteiger partial charge in [0.15, 0.2) is 0 Å². The topological polar surface area (TPSA) is 9.23 Å². The van der Waals surface area contributed by atoms with E-state index in [1.54, 1.807) is 23.6 Å². The van der Waals surface area contributed by atoms with E-state index in [0.717, 1.165) is 10.3 Å². The summed E-state index contributed by atoms with van der Waals surface area (Å²) >= 11 is 4.38. The Hall–Kier alpha value is -0.551. The average molecular weight is 466 g/mol. The molecule has 2 heterocycles. The SMILES string of the molecule is COc1ccc([C@@H]2[Se][C@@H]3C(C)=C(C)[C@H]2P3(=[Se])c2ccccc2)cc1. The summed E-state index contributed by atoms with van der Waals surface area (Å²) in [6.07, 6.45) is 0. The Balaban J connectivity index is 1.79. The molecule has 0 radical (unpaired) electrons.